The second-order valence-electron chi connectivity index (χ2n) is 7.23. The average Bonchev–Trinajstić information content (AvgIpc) is 3.10. The first-order chi connectivity index (χ1) is 16.7. The number of hydrogen-bond acceptors (Lipinski definition) is 9. The molecule has 0 N–H and O–H groups in total. The van der Waals surface area contributed by atoms with Crippen LogP contribution in [0.15, 0.2) is 45.8 Å². The molecule has 1 fully saturated rings. The van der Waals surface area contributed by atoms with Crippen LogP contribution in [-0.4, -0.2) is 46.7 Å². The second kappa shape index (κ2) is 11.4. The number of amides is 2. The third kappa shape index (κ3) is 6.01. The Hall–Kier alpha value is -3.38. The van der Waals surface area contributed by atoms with Crippen molar-refractivity contribution in [3.63, 3.8) is 0 Å². The molecule has 184 valence electrons. The van der Waals surface area contributed by atoms with Gasteiger partial charge in [-0.15, -0.1) is 0 Å². The van der Waals surface area contributed by atoms with Crippen LogP contribution >= 0.6 is 27.7 Å². The van der Waals surface area contributed by atoms with E-state index in [1.54, 1.807) is 31.2 Å². The minimum absolute atomic E-state index is 0.0142. The van der Waals surface area contributed by atoms with Gasteiger partial charge in [0.05, 0.1) is 28.0 Å². The second-order valence-corrected chi connectivity index (χ2v) is 9.07. The summed E-state index contributed by atoms with van der Waals surface area (Å²) in [6.45, 7) is 3.71. The van der Waals surface area contributed by atoms with Crippen molar-refractivity contribution >= 4 is 56.6 Å². The van der Waals surface area contributed by atoms with Crippen LogP contribution in [0.25, 0.3) is 6.08 Å². The smallest absolute Gasteiger partial charge is 0.328 e. The average molecular weight is 565 g/mol. The number of non-ortho nitro benzene ring substituents is 1. The Morgan fingerprint density at radius 3 is 2.51 bits per heavy atom. The number of hydrogen-bond donors (Lipinski definition) is 0. The lowest BCUT2D eigenvalue weighted by Gasteiger charge is -2.18. The summed E-state index contributed by atoms with van der Waals surface area (Å²) in [5.41, 5.74) is 1.28. The maximum atomic E-state index is 12.8. The van der Waals surface area contributed by atoms with E-state index in [9.17, 15) is 24.5 Å². The van der Waals surface area contributed by atoms with Gasteiger partial charge in [-0.2, -0.15) is 0 Å². The zero-order valence-electron chi connectivity index (χ0n) is 19.0. The molecule has 12 heteroatoms. The summed E-state index contributed by atoms with van der Waals surface area (Å²) >= 11 is 4.19. The molecule has 2 amide bonds. The number of imide groups is 1. The fourth-order valence-electron chi connectivity index (χ4n) is 3.18. The molecule has 0 saturated carbocycles. The van der Waals surface area contributed by atoms with E-state index in [4.69, 9.17) is 9.47 Å². The normalized spacial score (nSPS) is 15.3. The van der Waals surface area contributed by atoms with Crippen LogP contribution in [0, 0.1) is 10.1 Å². The van der Waals surface area contributed by atoms with Gasteiger partial charge in [0.1, 0.15) is 12.6 Å². The van der Waals surface area contributed by atoms with E-state index in [1.807, 2.05) is 0 Å². The van der Waals surface area contributed by atoms with Gasteiger partial charge in [-0.25, -0.2) is 4.79 Å². The summed E-state index contributed by atoms with van der Waals surface area (Å²) in [6.07, 6.45) is 1.53. The number of ether oxygens (including phenoxy) is 3. The third-order valence-corrected chi connectivity index (χ3v) is 6.39. The highest BCUT2D eigenvalue weighted by Crippen LogP contribution is 2.40. The van der Waals surface area contributed by atoms with Crippen LogP contribution in [0.3, 0.4) is 0 Å². The van der Waals surface area contributed by atoms with Gasteiger partial charge in [0.2, 0.25) is 0 Å². The number of methoxy groups -OCH3 is 1. The summed E-state index contributed by atoms with van der Waals surface area (Å²) in [4.78, 5) is 48.3. The Bertz CT molecular complexity index is 1200. The largest absolute Gasteiger partial charge is 0.490 e. The molecule has 1 aliphatic rings. The number of esters is 1. The Morgan fingerprint density at radius 1 is 1.23 bits per heavy atom. The number of halogens is 1. The molecule has 2 aromatic rings. The van der Waals surface area contributed by atoms with Crippen LogP contribution < -0.4 is 9.47 Å². The predicted octanol–water partition coefficient (Wildman–Crippen LogP) is 4.93. The van der Waals surface area contributed by atoms with Crippen LogP contribution in [-0.2, 0) is 20.9 Å². The maximum absolute atomic E-state index is 12.8. The van der Waals surface area contributed by atoms with Gasteiger partial charge in [-0.05, 0) is 83.0 Å². The van der Waals surface area contributed by atoms with Gasteiger partial charge >= 0.3 is 5.97 Å². The van der Waals surface area contributed by atoms with E-state index in [2.05, 4.69) is 20.7 Å². The van der Waals surface area contributed by atoms with Crippen molar-refractivity contribution in [3.8, 4) is 11.5 Å². The highest BCUT2D eigenvalue weighted by atomic mass is 79.9. The van der Waals surface area contributed by atoms with E-state index in [1.165, 1.54) is 32.2 Å². The molecule has 0 bridgehead atoms. The topological polar surface area (TPSA) is 125 Å². The highest BCUT2D eigenvalue weighted by Gasteiger charge is 2.41. The first kappa shape index (κ1) is 26.2. The molecule has 0 unspecified atom stereocenters. The number of rotatable bonds is 9. The lowest BCUT2D eigenvalue weighted by Crippen LogP contribution is -2.42. The first-order valence-electron chi connectivity index (χ1n) is 10.3. The molecule has 1 aliphatic heterocycles. The number of benzene rings is 2. The lowest BCUT2D eigenvalue weighted by molar-refractivity contribution is -0.384. The van der Waals surface area contributed by atoms with Gasteiger partial charge in [0.15, 0.2) is 11.5 Å². The molecule has 3 rings (SSSR count). The monoisotopic (exact) mass is 564 g/mol. The van der Waals surface area contributed by atoms with Crippen molar-refractivity contribution in [2.75, 3.05) is 13.7 Å². The van der Waals surface area contributed by atoms with Crippen molar-refractivity contribution < 1.29 is 33.5 Å². The molecular weight excluding hydrogens is 544 g/mol. The molecule has 0 aromatic heterocycles. The summed E-state index contributed by atoms with van der Waals surface area (Å²) < 4.78 is 16.8. The van der Waals surface area contributed by atoms with Crippen molar-refractivity contribution in [1.82, 2.24) is 4.90 Å². The van der Waals surface area contributed by atoms with Crippen LogP contribution in [0.5, 0.6) is 11.5 Å². The molecular formula is C23H21BrN2O8S. The zero-order chi connectivity index (χ0) is 25.7. The quantitative estimate of drug-likeness (QED) is 0.180. The van der Waals surface area contributed by atoms with Gasteiger partial charge in [-0.3, -0.25) is 24.6 Å². The molecule has 0 radical (unpaired) electrons. The summed E-state index contributed by atoms with van der Waals surface area (Å²) in [5, 5.41) is 10.3. The lowest BCUT2D eigenvalue weighted by atomic mass is 10.1. The number of nitro groups is 1. The predicted molar refractivity (Wildman–Crippen MR) is 132 cm³/mol. The van der Waals surface area contributed by atoms with E-state index in [0.29, 0.717) is 28.1 Å². The van der Waals surface area contributed by atoms with Gasteiger partial charge in [0.25, 0.3) is 16.8 Å². The molecule has 0 aliphatic carbocycles. The van der Waals surface area contributed by atoms with Crippen LogP contribution in [0.2, 0.25) is 0 Å². The zero-order valence-corrected chi connectivity index (χ0v) is 21.4. The fraction of sp³-hybridized carbons (Fsp3) is 0.261. The minimum atomic E-state index is -1.04. The maximum Gasteiger partial charge on any atom is 0.328 e. The Kier molecular flexibility index (Phi) is 8.52. The summed E-state index contributed by atoms with van der Waals surface area (Å²) in [5.74, 6) is -0.470. The Morgan fingerprint density at radius 2 is 1.91 bits per heavy atom. The van der Waals surface area contributed by atoms with Crippen molar-refractivity contribution in [2.45, 2.75) is 26.5 Å². The van der Waals surface area contributed by atoms with Gasteiger partial charge < -0.3 is 14.2 Å². The standard InChI is InChI=1S/C23H21BrN2O8S/c1-4-33-18-10-15(11-19-21(27)25(23(29)35-19)13(2)22(28)32-3)9-17(24)20(18)34-12-14-5-7-16(8-6-14)26(30)31/h5-11,13H,4,12H2,1-3H3/b19-11+/t13-/m1/s1. The molecule has 2 aromatic carbocycles. The molecule has 1 atom stereocenters. The number of carbonyl (C=O) groups excluding carboxylic acids is 3. The molecule has 10 nitrogen and oxygen atoms in total. The Labute approximate surface area is 213 Å². The fourth-order valence-corrected chi connectivity index (χ4v) is 4.67. The van der Waals surface area contributed by atoms with E-state index in [-0.39, 0.29) is 17.2 Å². The van der Waals surface area contributed by atoms with Crippen LogP contribution in [0.1, 0.15) is 25.0 Å². The van der Waals surface area contributed by atoms with Crippen molar-refractivity contribution in [2.24, 2.45) is 0 Å². The molecule has 0 spiro atoms. The van der Waals surface area contributed by atoms with Crippen LogP contribution in [0.4, 0.5) is 10.5 Å². The van der Waals surface area contributed by atoms with Gasteiger partial charge in [0, 0.05) is 12.1 Å². The first-order valence-corrected chi connectivity index (χ1v) is 11.9. The van der Waals surface area contributed by atoms with E-state index in [0.717, 1.165) is 22.2 Å². The molecule has 1 heterocycles. The molecule has 35 heavy (non-hydrogen) atoms. The number of carbonyl (C=O) groups is 3. The van der Waals surface area contributed by atoms with Crippen molar-refractivity contribution in [3.05, 3.63) is 67.0 Å². The summed E-state index contributed by atoms with van der Waals surface area (Å²) in [7, 11) is 1.19. The number of thioether (sulfide) groups is 1. The third-order valence-electron chi connectivity index (χ3n) is 4.91. The number of nitro benzene ring substituents is 1. The van der Waals surface area contributed by atoms with E-state index >= 15 is 0 Å². The molecule has 1 saturated heterocycles. The minimum Gasteiger partial charge on any atom is -0.490 e. The Balaban J connectivity index is 1.84. The SMILES string of the molecule is CCOc1cc(/C=C2/SC(=O)N([C@H](C)C(=O)OC)C2=O)cc(Br)c1OCc1ccc([N+](=O)[O-])cc1. The van der Waals surface area contributed by atoms with E-state index < -0.39 is 28.1 Å². The summed E-state index contributed by atoms with van der Waals surface area (Å²) in [6, 6.07) is 8.32. The highest BCUT2D eigenvalue weighted by molar-refractivity contribution is 9.10. The number of nitrogens with zero attached hydrogens (tertiary/aromatic N) is 2. The van der Waals surface area contributed by atoms with Crippen molar-refractivity contribution in [1.29, 1.82) is 0 Å². The van der Waals surface area contributed by atoms with Gasteiger partial charge in [-0.1, -0.05) is 0 Å².